The molecule has 0 saturated heterocycles. The SMILES string of the molecule is CCCNCc1ccc(-c2ccc(C#N)s2)o1. The van der Waals surface area contributed by atoms with Crippen LogP contribution >= 0.6 is 11.3 Å². The summed E-state index contributed by atoms with van der Waals surface area (Å²) < 4.78 is 5.71. The van der Waals surface area contributed by atoms with E-state index in [0.29, 0.717) is 4.88 Å². The Balaban J connectivity index is 2.05. The maximum absolute atomic E-state index is 8.77. The van der Waals surface area contributed by atoms with Crippen LogP contribution < -0.4 is 5.32 Å². The van der Waals surface area contributed by atoms with Gasteiger partial charge in [-0.25, -0.2) is 0 Å². The van der Waals surface area contributed by atoms with Gasteiger partial charge >= 0.3 is 0 Å². The summed E-state index contributed by atoms with van der Waals surface area (Å²) >= 11 is 1.45. The predicted octanol–water partition coefficient (Wildman–Crippen LogP) is 3.38. The molecule has 0 aliphatic heterocycles. The lowest BCUT2D eigenvalue weighted by Gasteiger charge is -1.98. The van der Waals surface area contributed by atoms with Crippen molar-refractivity contribution in [1.82, 2.24) is 5.32 Å². The van der Waals surface area contributed by atoms with Crippen LogP contribution in [0.1, 0.15) is 24.0 Å². The Labute approximate surface area is 105 Å². The van der Waals surface area contributed by atoms with Crippen molar-refractivity contribution in [3.05, 3.63) is 34.9 Å². The number of rotatable bonds is 5. The molecule has 0 fully saturated rings. The third kappa shape index (κ3) is 2.96. The van der Waals surface area contributed by atoms with Crippen LogP contribution in [0.25, 0.3) is 10.6 Å². The fourth-order valence-electron chi connectivity index (χ4n) is 1.52. The second-order valence-electron chi connectivity index (χ2n) is 3.72. The number of hydrogen-bond donors (Lipinski definition) is 1. The molecule has 0 unspecified atom stereocenters. The van der Waals surface area contributed by atoms with E-state index in [0.717, 1.165) is 35.9 Å². The molecule has 3 nitrogen and oxygen atoms in total. The minimum absolute atomic E-state index is 0.710. The zero-order valence-electron chi connectivity index (χ0n) is 9.69. The molecule has 0 aromatic carbocycles. The first-order valence-corrected chi connectivity index (χ1v) is 6.45. The first kappa shape index (κ1) is 11.9. The van der Waals surface area contributed by atoms with Crippen LogP contribution in [0.4, 0.5) is 0 Å². The fourth-order valence-corrected chi connectivity index (χ4v) is 2.29. The van der Waals surface area contributed by atoms with E-state index >= 15 is 0 Å². The molecular formula is C13H14N2OS. The molecule has 0 atom stereocenters. The van der Waals surface area contributed by atoms with Crippen LogP contribution in [0.5, 0.6) is 0 Å². The minimum atomic E-state index is 0.710. The summed E-state index contributed by atoms with van der Waals surface area (Å²) in [7, 11) is 0. The van der Waals surface area contributed by atoms with Gasteiger partial charge in [-0.05, 0) is 37.2 Å². The number of thiophene rings is 1. The molecular weight excluding hydrogens is 232 g/mol. The van der Waals surface area contributed by atoms with Crippen molar-refractivity contribution in [3.8, 4) is 16.7 Å². The highest BCUT2D eigenvalue weighted by Crippen LogP contribution is 2.29. The molecule has 0 aliphatic carbocycles. The molecule has 88 valence electrons. The van der Waals surface area contributed by atoms with Crippen LogP contribution in [-0.2, 0) is 6.54 Å². The lowest BCUT2D eigenvalue weighted by atomic mass is 10.3. The second kappa shape index (κ2) is 5.67. The zero-order chi connectivity index (χ0) is 12.1. The van der Waals surface area contributed by atoms with Crippen LogP contribution in [0.15, 0.2) is 28.7 Å². The third-order valence-corrected chi connectivity index (χ3v) is 3.35. The molecule has 4 heteroatoms. The first-order chi connectivity index (χ1) is 8.33. The highest BCUT2D eigenvalue weighted by molar-refractivity contribution is 7.15. The van der Waals surface area contributed by atoms with E-state index in [4.69, 9.17) is 9.68 Å². The number of nitrogens with one attached hydrogen (secondary N) is 1. The van der Waals surface area contributed by atoms with Gasteiger partial charge in [-0.3, -0.25) is 0 Å². The smallest absolute Gasteiger partial charge is 0.144 e. The molecule has 0 radical (unpaired) electrons. The molecule has 17 heavy (non-hydrogen) atoms. The van der Waals surface area contributed by atoms with Gasteiger partial charge < -0.3 is 9.73 Å². The van der Waals surface area contributed by atoms with Crippen LogP contribution in [-0.4, -0.2) is 6.54 Å². The Morgan fingerprint density at radius 1 is 1.35 bits per heavy atom. The van der Waals surface area contributed by atoms with E-state index < -0.39 is 0 Å². The van der Waals surface area contributed by atoms with E-state index in [1.54, 1.807) is 0 Å². The summed E-state index contributed by atoms with van der Waals surface area (Å²) in [5.74, 6) is 1.77. The highest BCUT2D eigenvalue weighted by atomic mass is 32.1. The average Bonchev–Trinajstić information content (AvgIpc) is 2.97. The predicted molar refractivity (Wildman–Crippen MR) is 68.7 cm³/mol. The van der Waals surface area contributed by atoms with E-state index in [1.807, 2.05) is 24.3 Å². The highest BCUT2D eigenvalue weighted by Gasteiger charge is 2.07. The van der Waals surface area contributed by atoms with Gasteiger partial charge in [0.05, 0.1) is 11.4 Å². The Kier molecular flexibility index (Phi) is 3.97. The van der Waals surface area contributed by atoms with Crippen LogP contribution in [0.2, 0.25) is 0 Å². The van der Waals surface area contributed by atoms with Crippen molar-refractivity contribution in [2.75, 3.05) is 6.54 Å². The Bertz CT molecular complexity index is 522. The number of nitrogens with zero attached hydrogens (tertiary/aromatic N) is 1. The molecule has 0 bridgehead atoms. The Morgan fingerprint density at radius 2 is 2.24 bits per heavy atom. The lowest BCUT2D eigenvalue weighted by Crippen LogP contribution is -2.12. The summed E-state index contributed by atoms with van der Waals surface area (Å²) in [6, 6.07) is 9.80. The molecule has 2 aromatic rings. The van der Waals surface area contributed by atoms with Gasteiger partial charge in [0.1, 0.15) is 22.5 Å². The number of furan rings is 1. The van der Waals surface area contributed by atoms with Crippen molar-refractivity contribution < 1.29 is 4.42 Å². The molecule has 0 aliphatic rings. The van der Waals surface area contributed by atoms with E-state index in [9.17, 15) is 0 Å². The van der Waals surface area contributed by atoms with E-state index in [1.165, 1.54) is 11.3 Å². The van der Waals surface area contributed by atoms with Gasteiger partial charge in [-0.1, -0.05) is 6.92 Å². The molecule has 2 rings (SSSR count). The van der Waals surface area contributed by atoms with Crippen molar-refractivity contribution in [1.29, 1.82) is 5.26 Å². The summed E-state index contributed by atoms with van der Waals surface area (Å²) in [4.78, 5) is 1.71. The second-order valence-corrected chi connectivity index (χ2v) is 4.80. The molecule has 0 amide bonds. The van der Waals surface area contributed by atoms with Gasteiger partial charge in [0.2, 0.25) is 0 Å². The van der Waals surface area contributed by atoms with Gasteiger partial charge in [-0.15, -0.1) is 11.3 Å². The van der Waals surface area contributed by atoms with Gasteiger partial charge in [-0.2, -0.15) is 5.26 Å². The average molecular weight is 246 g/mol. The van der Waals surface area contributed by atoms with Gasteiger partial charge in [0, 0.05) is 0 Å². The van der Waals surface area contributed by atoms with Crippen molar-refractivity contribution in [2.45, 2.75) is 19.9 Å². The third-order valence-electron chi connectivity index (χ3n) is 2.35. The van der Waals surface area contributed by atoms with E-state index in [-0.39, 0.29) is 0 Å². The van der Waals surface area contributed by atoms with E-state index in [2.05, 4.69) is 18.3 Å². The molecule has 2 heterocycles. The monoisotopic (exact) mass is 246 g/mol. The first-order valence-electron chi connectivity index (χ1n) is 5.63. The topological polar surface area (TPSA) is 49.0 Å². The standard InChI is InChI=1S/C13H14N2OS/c1-2-7-15-9-10-3-5-12(16-10)13-6-4-11(8-14)17-13/h3-6,15H,2,7,9H2,1H3. The maximum atomic E-state index is 8.77. The minimum Gasteiger partial charge on any atom is -0.459 e. The number of nitriles is 1. The van der Waals surface area contributed by atoms with Gasteiger partial charge in [0.15, 0.2) is 0 Å². The van der Waals surface area contributed by atoms with Crippen molar-refractivity contribution in [2.24, 2.45) is 0 Å². The quantitative estimate of drug-likeness (QED) is 0.823. The summed E-state index contributed by atoms with van der Waals surface area (Å²) in [6.45, 7) is 3.88. The molecule has 1 N–H and O–H groups in total. The van der Waals surface area contributed by atoms with Crippen LogP contribution in [0, 0.1) is 11.3 Å². The normalized spacial score (nSPS) is 10.4. The summed E-state index contributed by atoms with van der Waals surface area (Å²) in [5, 5.41) is 12.1. The fraction of sp³-hybridized carbons (Fsp3) is 0.308. The largest absolute Gasteiger partial charge is 0.459 e. The van der Waals surface area contributed by atoms with Crippen molar-refractivity contribution in [3.63, 3.8) is 0 Å². The number of hydrogen-bond acceptors (Lipinski definition) is 4. The van der Waals surface area contributed by atoms with Gasteiger partial charge in [0.25, 0.3) is 0 Å². The Hall–Kier alpha value is -1.57. The Morgan fingerprint density at radius 3 is 2.94 bits per heavy atom. The summed E-state index contributed by atoms with van der Waals surface area (Å²) in [6.07, 6.45) is 1.12. The van der Waals surface area contributed by atoms with Crippen LogP contribution in [0.3, 0.4) is 0 Å². The maximum Gasteiger partial charge on any atom is 0.144 e. The lowest BCUT2D eigenvalue weighted by molar-refractivity contribution is 0.494. The molecule has 0 saturated carbocycles. The van der Waals surface area contributed by atoms with Crippen molar-refractivity contribution >= 4 is 11.3 Å². The summed E-state index contributed by atoms with van der Waals surface area (Å²) in [5.41, 5.74) is 0. The zero-order valence-corrected chi connectivity index (χ0v) is 10.5. The molecule has 2 aromatic heterocycles. The molecule has 0 spiro atoms.